The fourth-order valence-corrected chi connectivity index (χ4v) is 2.19. The summed E-state index contributed by atoms with van der Waals surface area (Å²) < 4.78 is 0. The third-order valence-electron chi connectivity index (χ3n) is 1.78. The van der Waals surface area contributed by atoms with Gasteiger partial charge in [-0.15, -0.1) is 0 Å². The molecule has 1 N–H and O–H groups in total. The standard InChI is InChI=1S/C10H8Br2ClNO2/c11-5-8(15)9(12)10(16)14-7-4-2-1-3-6(7)13/h1-4,9H,5H2,(H,14,16). The molecule has 1 rings (SSSR count). The van der Waals surface area contributed by atoms with Crippen LogP contribution in [0, 0.1) is 0 Å². The van der Waals surface area contributed by atoms with Gasteiger partial charge in [0.05, 0.1) is 16.0 Å². The molecule has 0 aliphatic heterocycles. The van der Waals surface area contributed by atoms with Crippen LogP contribution in [0.2, 0.25) is 5.02 Å². The highest BCUT2D eigenvalue weighted by molar-refractivity contribution is 9.10. The number of alkyl halides is 2. The van der Waals surface area contributed by atoms with Crippen molar-refractivity contribution in [3.63, 3.8) is 0 Å². The Morgan fingerprint density at radius 1 is 1.38 bits per heavy atom. The average Bonchev–Trinajstić information content (AvgIpc) is 2.30. The van der Waals surface area contributed by atoms with Crippen molar-refractivity contribution >= 4 is 60.8 Å². The van der Waals surface area contributed by atoms with Crippen LogP contribution < -0.4 is 5.32 Å². The molecule has 0 saturated carbocycles. The van der Waals surface area contributed by atoms with Gasteiger partial charge in [0.2, 0.25) is 5.91 Å². The molecule has 1 aromatic carbocycles. The summed E-state index contributed by atoms with van der Waals surface area (Å²) in [6, 6.07) is 6.83. The molecule has 0 heterocycles. The first-order valence-corrected chi connectivity index (χ1v) is 6.76. The molecule has 86 valence electrons. The maximum atomic E-state index is 11.6. The van der Waals surface area contributed by atoms with E-state index in [1.807, 2.05) is 0 Å². The SMILES string of the molecule is O=C(CBr)C(Br)C(=O)Nc1ccccc1Cl. The molecule has 1 unspecified atom stereocenters. The van der Waals surface area contributed by atoms with E-state index in [0.717, 1.165) is 0 Å². The van der Waals surface area contributed by atoms with Crippen LogP contribution >= 0.6 is 43.5 Å². The number of halogens is 3. The Hall–Kier alpha value is -0.390. The molecule has 1 aromatic rings. The maximum Gasteiger partial charge on any atom is 0.245 e. The second-order valence-corrected chi connectivity index (χ2v) is 4.82. The molecule has 16 heavy (non-hydrogen) atoms. The number of Topliss-reactive ketones (excluding diaryl/α,β-unsaturated/α-hetero) is 1. The molecule has 0 radical (unpaired) electrons. The summed E-state index contributed by atoms with van der Waals surface area (Å²) in [5, 5.41) is 3.12. The van der Waals surface area contributed by atoms with Gasteiger partial charge >= 0.3 is 0 Å². The van der Waals surface area contributed by atoms with Crippen LogP contribution in [-0.2, 0) is 9.59 Å². The maximum absolute atomic E-state index is 11.6. The summed E-state index contributed by atoms with van der Waals surface area (Å²) in [5.74, 6) is -0.679. The highest BCUT2D eigenvalue weighted by Crippen LogP contribution is 2.21. The number of amides is 1. The van der Waals surface area contributed by atoms with Crippen LogP contribution in [0.25, 0.3) is 0 Å². The van der Waals surface area contributed by atoms with E-state index >= 15 is 0 Å². The minimum absolute atomic E-state index is 0.124. The Bertz CT molecular complexity index is 412. The first-order valence-electron chi connectivity index (χ1n) is 4.34. The molecule has 3 nitrogen and oxygen atoms in total. The van der Waals surface area contributed by atoms with E-state index in [4.69, 9.17) is 11.6 Å². The number of rotatable bonds is 4. The number of hydrogen-bond donors (Lipinski definition) is 1. The van der Waals surface area contributed by atoms with Crippen LogP contribution in [0.1, 0.15) is 0 Å². The summed E-state index contributed by atoms with van der Waals surface area (Å²) >= 11 is 11.9. The van der Waals surface area contributed by atoms with Gasteiger partial charge in [0.15, 0.2) is 10.6 Å². The largest absolute Gasteiger partial charge is 0.323 e. The molecule has 1 amide bonds. The lowest BCUT2D eigenvalue weighted by Gasteiger charge is -2.09. The van der Waals surface area contributed by atoms with E-state index in [9.17, 15) is 9.59 Å². The lowest BCUT2D eigenvalue weighted by Crippen LogP contribution is -2.30. The summed E-state index contributed by atoms with van der Waals surface area (Å²) in [4.78, 5) is 22.0. The first-order chi connectivity index (χ1) is 7.56. The van der Waals surface area contributed by atoms with Gasteiger partial charge in [0.1, 0.15) is 0 Å². The Morgan fingerprint density at radius 2 is 2.00 bits per heavy atom. The minimum atomic E-state index is -0.872. The van der Waals surface area contributed by atoms with Crippen molar-refractivity contribution in [1.82, 2.24) is 0 Å². The number of carbonyl (C=O) groups is 2. The van der Waals surface area contributed by atoms with Gasteiger partial charge < -0.3 is 5.32 Å². The minimum Gasteiger partial charge on any atom is -0.323 e. The van der Waals surface area contributed by atoms with Crippen LogP contribution in [0.15, 0.2) is 24.3 Å². The van der Waals surface area contributed by atoms with Crippen molar-refractivity contribution in [2.24, 2.45) is 0 Å². The Balaban J connectivity index is 2.72. The molecule has 0 bridgehead atoms. The second-order valence-electron chi connectivity index (χ2n) is 2.93. The highest BCUT2D eigenvalue weighted by atomic mass is 79.9. The van der Waals surface area contributed by atoms with Crippen LogP contribution in [-0.4, -0.2) is 21.8 Å². The van der Waals surface area contributed by atoms with E-state index in [-0.39, 0.29) is 11.1 Å². The van der Waals surface area contributed by atoms with E-state index in [1.165, 1.54) is 0 Å². The van der Waals surface area contributed by atoms with E-state index in [1.54, 1.807) is 24.3 Å². The number of carbonyl (C=O) groups excluding carboxylic acids is 2. The van der Waals surface area contributed by atoms with Crippen molar-refractivity contribution in [3.8, 4) is 0 Å². The second kappa shape index (κ2) is 6.37. The van der Waals surface area contributed by atoms with Gasteiger partial charge in [-0.05, 0) is 12.1 Å². The third kappa shape index (κ3) is 3.57. The first kappa shape index (κ1) is 13.7. The van der Waals surface area contributed by atoms with Crippen molar-refractivity contribution < 1.29 is 9.59 Å². The Kier molecular flexibility index (Phi) is 5.44. The van der Waals surface area contributed by atoms with Gasteiger partial charge in [-0.1, -0.05) is 55.6 Å². The van der Waals surface area contributed by atoms with Crippen molar-refractivity contribution in [2.45, 2.75) is 4.83 Å². The van der Waals surface area contributed by atoms with Gasteiger partial charge in [-0.2, -0.15) is 0 Å². The van der Waals surface area contributed by atoms with Gasteiger partial charge in [-0.3, -0.25) is 9.59 Å². The Labute approximate surface area is 115 Å². The Morgan fingerprint density at radius 3 is 2.56 bits per heavy atom. The van der Waals surface area contributed by atoms with E-state index < -0.39 is 10.7 Å². The normalized spacial score (nSPS) is 11.9. The van der Waals surface area contributed by atoms with Gasteiger partial charge in [0.25, 0.3) is 0 Å². The molecule has 6 heteroatoms. The number of anilines is 1. The zero-order valence-corrected chi connectivity index (χ0v) is 12.0. The van der Waals surface area contributed by atoms with Crippen molar-refractivity contribution in [2.75, 3.05) is 10.6 Å². The van der Waals surface area contributed by atoms with Gasteiger partial charge in [0, 0.05) is 0 Å². The molecule has 0 spiro atoms. The van der Waals surface area contributed by atoms with E-state index in [2.05, 4.69) is 37.2 Å². The topological polar surface area (TPSA) is 46.2 Å². The number of nitrogens with one attached hydrogen (secondary N) is 1. The number of ketones is 1. The fraction of sp³-hybridized carbons (Fsp3) is 0.200. The van der Waals surface area contributed by atoms with Crippen molar-refractivity contribution in [3.05, 3.63) is 29.3 Å². The summed E-state index contributed by atoms with van der Waals surface area (Å²) in [6.45, 7) is 0. The highest BCUT2D eigenvalue weighted by Gasteiger charge is 2.22. The number of hydrogen-bond acceptors (Lipinski definition) is 2. The van der Waals surface area contributed by atoms with Crippen LogP contribution in [0.3, 0.4) is 0 Å². The molecule has 0 fully saturated rings. The van der Waals surface area contributed by atoms with E-state index in [0.29, 0.717) is 10.7 Å². The molecule has 0 aliphatic carbocycles. The van der Waals surface area contributed by atoms with Crippen molar-refractivity contribution in [1.29, 1.82) is 0 Å². The van der Waals surface area contributed by atoms with Gasteiger partial charge in [-0.25, -0.2) is 0 Å². The zero-order valence-electron chi connectivity index (χ0n) is 8.04. The molecular formula is C10H8Br2ClNO2. The average molecular weight is 369 g/mol. The molecule has 1 atom stereocenters. The summed E-state index contributed by atoms with van der Waals surface area (Å²) in [6.07, 6.45) is 0. The number of benzene rings is 1. The monoisotopic (exact) mass is 367 g/mol. The van der Waals surface area contributed by atoms with Crippen LogP contribution in [0.4, 0.5) is 5.69 Å². The van der Waals surface area contributed by atoms with Crippen LogP contribution in [0.5, 0.6) is 0 Å². The quantitative estimate of drug-likeness (QED) is 0.655. The lowest BCUT2D eigenvalue weighted by molar-refractivity contribution is -0.123. The smallest absolute Gasteiger partial charge is 0.245 e. The molecule has 0 aromatic heterocycles. The third-order valence-corrected chi connectivity index (χ3v) is 3.59. The summed E-state index contributed by atoms with van der Waals surface area (Å²) in [5.41, 5.74) is 0.487. The molecule has 0 aliphatic rings. The lowest BCUT2D eigenvalue weighted by atomic mass is 10.2. The number of para-hydroxylation sites is 1. The molecular weight excluding hydrogens is 361 g/mol. The molecule has 0 saturated heterocycles. The predicted octanol–water partition coefficient (Wildman–Crippen LogP) is 3.01. The predicted molar refractivity (Wildman–Crippen MR) is 71.6 cm³/mol. The fourth-order valence-electron chi connectivity index (χ4n) is 0.973. The zero-order chi connectivity index (χ0) is 12.1. The summed E-state index contributed by atoms with van der Waals surface area (Å²) in [7, 11) is 0.